The maximum Gasteiger partial charge on any atom is 0.218 e. The molecule has 0 bridgehead atoms. The molecule has 12 rings (SSSR count). The number of rotatable bonds is 4. The van der Waals surface area contributed by atoms with E-state index in [4.69, 9.17) is 19.9 Å². The lowest BCUT2D eigenvalue weighted by molar-refractivity contribution is -0.0238. The molecule has 302 valence electrons. The van der Waals surface area contributed by atoms with Crippen LogP contribution >= 0.6 is 0 Å². The summed E-state index contributed by atoms with van der Waals surface area (Å²) in [5, 5.41) is 20.2. The van der Waals surface area contributed by atoms with E-state index in [0.29, 0.717) is 17.8 Å². The lowest BCUT2D eigenvalue weighted by atomic mass is 9.47. The first kappa shape index (κ1) is 35.9. The summed E-state index contributed by atoms with van der Waals surface area (Å²) in [5.74, 6) is 5.02. The second kappa shape index (κ2) is 12.5. The number of fused-ring (bicyclic) bond motifs is 12. The molecule has 1 N–H and O–H groups in total. The van der Waals surface area contributed by atoms with Crippen LogP contribution < -0.4 is 4.74 Å². The minimum atomic E-state index is -0.152. The van der Waals surface area contributed by atoms with Gasteiger partial charge in [0.05, 0.1) is 24.0 Å². The molecule has 4 saturated carbocycles. The van der Waals surface area contributed by atoms with Crippen molar-refractivity contribution in [2.24, 2.45) is 57.2 Å². The first-order valence-electron chi connectivity index (χ1n) is 23.0. The van der Waals surface area contributed by atoms with Gasteiger partial charge in [0, 0.05) is 36.0 Å². The molecule has 4 aromatic rings. The summed E-state index contributed by atoms with van der Waals surface area (Å²) >= 11 is 0. The highest BCUT2D eigenvalue weighted by molar-refractivity contribution is 5.83. The third-order valence-electron chi connectivity index (χ3n) is 19.0. The lowest BCUT2D eigenvalue weighted by Crippen LogP contribution is -2.50. The van der Waals surface area contributed by atoms with Gasteiger partial charge in [-0.15, -0.1) is 0 Å². The number of aliphatic hydroxyl groups excluding tert-OH is 1. The minimum absolute atomic E-state index is 0.124. The van der Waals surface area contributed by atoms with Crippen molar-refractivity contribution in [1.29, 1.82) is 0 Å². The van der Waals surface area contributed by atoms with Gasteiger partial charge in [0.25, 0.3) is 0 Å². The Bertz CT molecular complexity index is 2470. The van der Waals surface area contributed by atoms with Gasteiger partial charge in [-0.2, -0.15) is 14.7 Å². The maximum atomic E-state index is 10.5. The maximum absolute atomic E-state index is 10.5. The summed E-state index contributed by atoms with van der Waals surface area (Å²) in [5.41, 5.74) is 11.7. The topological polar surface area (TPSA) is 77.0 Å². The Morgan fingerprint density at radius 1 is 0.655 bits per heavy atom. The molecule has 0 aromatic carbocycles. The van der Waals surface area contributed by atoms with Gasteiger partial charge in [-0.05, 0) is 164 Å². The highest BCUT2D eigenvalue weighted by Crippen LogP contribution is 2.68. The SMILES string of the molecule is C[C@]12CC[C@H](Oc3ccnc4c(C5=CCC6C7CC=C8C[C@@H](O)CC[C@]8(C)C7CC[C@]56C)cnn34)CC1=CCC1C2CC[C@]2(C)C(c3cnn4ccccc34)=CCC12. The molecule has 8 aliphatic carbocycles. The molecule has 58 heavy (non-hydrogen) atoms. The summed E-state index contributed by atoms with van der Waals surface area (Å²) < 4.78 is 11.0. The number of pyridine rings is 1. The Hall–Kier alpha value is -3.97. The van der Waals surface area contributed by atoms with Crippen LogP contribution in [0.3, 0.4) is 0 Å². The van der Waals surface area contributed by atoms with Crippen LogP contribution in [0.4, 0.5) is 0 Å². The van der Waals surface area contributed by atoms with Crippen molar-refractivity contribution in [3.8, 4) is 5.88 Å². The fraction of sp³-hybridized carbons (Fsp3) is 0.588. The van der Waals surface area contributed by atoms with E-state index in [0.717, 1.165) is 74.2 Å². The van der Waals surface area contributed by atoms with Crippen molar-refractivity contribution in [1.82, 2.24) is 24.2 Å². The Kier molecular flexibility index (Phi) is 7.76. The van der Waals surface area contributed by atoms with Crippen LogP contribution in [0.15, 0.2) is 84.5 Å². The molecule has 12 atom stereocenters. The number of nitrogens with zero attached hydrogens (tertiary/aromatic N) is 5. The van der Waals surface area contributed by atoms with Crippen LogP contribution in [0.5, 0.6) is 5.88 Å². The monoisotopic (exact) mass is 775 g/mol. The van der Waals surface area contributed by atoms with E-state index in [1.165, 1.54) is 67.2 Å². The number of hydrogen-bond acceptors (Lipinski definition) is 5. The van der Waals surface area contributed by atoms with Crippen LogP contribution in [-0.2, 0) is 0 Å². The highest BCUT2D eigenvalue weighted by atomic mass is 16.5. The molecule has 0 saturated heterocycles. The van der Waals surface area contributed by atoms with Gasteiger partial charge >= 0.3 is 0 Å². The van der Waals surface area contributed by atoms with Crippen LogP contribution in [-0.4, -0.2) is 41.5 Å². The van der Waals surface area contributed by atoms with Gasteiger partial charge in [-0.1, -0.05) is 69.2 Å². The largest absolute Gasteiger partial charge is 0.474 e. The van der Waals surface area contributed by atoms with Gasteiger partial charge in [-0.3, -0.25) is 0 Å². The number of aliphatic hydroxyl groups is 1. The number of allylic oxidation sites excluding steroid dienone is 6. The third-order valence-corrected chi connectivity index (χ3v) is 19.0. The molecule has 8 aliphatic rings. The average Bonchev–Trinajstić information content (AvgIpc) is 4.01. The van der Waals surface area contributed by atoms with Gasteiger partial charge in [0.2, 0.25) is 5.88 Å². The molecule has 0 spiro atoms. The molecule has 0 radical (unpaired) electrons. The quantitative estimate of drug-likeness (QED) is 0.209. The lowest BCUT2D eigenvalue weighted by Gasteiger charge is -2.57. The van der Waals surface area contributed by atoms with Gasteiger partial charge in [-0.25, -0.2) is 9.50 Å². The van der Waals surface area contributed by atoms with Crippen LogP contribution in [0.25, 0.3) is 22.3 Å². The molecule has 7 heteroatoms. The Labute approximate surface area is 343 Å². The summed E-state index contributed by atoms with van der Waals surface area (Å²) in [4.78, 5) is 4.98. The van der Waals surface area contributed by atoms with Crippen molar-refractivity contribution in [3.63, 3.8) is 0 Å². The fourth-order valence-electron chi connectivity index (χ4n) is 15.8. The Morgan fingerprint density at radius 3 is 2.02 bits per heavy atom. The predicted octanol–water partition coefficient (Wildman–Crippen LogP) is 11.1. The third kappa shape index (κ3) is 4.86. The van der Waals surface area contributed by atoms with E-state index in [1.54, 1.807) is 16.7 Å². The van der Waals surface area contributed by atoms with E-state index in [1.807, 2.05) is 21.3 Å². The molecular weight excluding hydrogens is 715 g/mol. The van der Waals surface area contributed by atoms with E-state index >= 15 is 0 Å². The number of ether oxygens (including phenoxy) is 1. The zero-order valence-corrected chi connectivity index (χ0v) is 35.0. The van der Waals surface area contributed by atoms with Gasteiger partial charge in [0.15, 0.2) is 5.65 Å². The van der Waals surface area contributed by atoms with Crippen molar-refractivity contribution < 1.29 is 9.84 Å². The Balaban J connectivity index is 0.763. The van der Waals surface area contributed by atoms with Crippen molar-refractivity contribution in [3.05, 3.63) is 95.6 Å². The van der Waals surface area contributed by atoms with Crippen molar-refractivity contribution in [2.75, 3.05) is 0 Å². The van der Waals surface area contributed by atoms with E-state index in [9.17, 15) is 5.11 Å². The van der Waals surface area contributed by atoms with Crippen LogP contribution in [0.1, 0.15) is 129 Å². The molecule has 7 nitrogen and oxygen atoms in total. The second-order valence-corrected chi connectivity index (χ2v) is 21.2. The highest BCUT2D eigenvalue weighted by Gasteiger charge is 2.59. The normalized spacial score (nSPS) is 41.6. The van der Waals surface area contributed by atoms with E-state index in [2.05, 4.69) is 88.8 Å². The fourth-order valence-corrected chi connectivity index (χ4v) is 15.8. The summed E-state index contributed by atoms with van der Waals surface area (Å²) in [7, 11) is 0. The molecular formula is C51H61N5O2. The molecule has 4 aromatic heterocycles. The van der Waals surface area contributed by atoms with E-state index in [-0.39, 0.29) is 33.9 Å². The van der Waals surface area contributed by atoms with Crippen molar-refractivity contribution in [2.45, 2.75) is 130 Å². The Morgan fingerprint density at radius 2 is 1.29 bits per heavy atom. The van der Waals surface area contributed by atoms with Crippen LogP contribution in [0.2, 0.25) is 0 Å². The first-order chi connectivity index (χ1) is 28.1. The zero-order chi connectivity index (χ0) is 39.2. The number of aromatic nitrogens is 5. The summed E-state index contributed by atoms with van der Waals surface area (Å²) in [6.45, 7) is 10.2. The summed E-state index contributed by atoms with van der Waals surface area (Å²) in [6.07, 6.45) is 34.5. The minimum Gasteiger partial charge on any atom is -0.474 e. The zero-order valence-electron chi connectivity index (χ0n) is 35.0. The van der Waals surface area contributed by atoms with Crippen LogP contribution in [0, 0.1) is 57.2 Å². The molecule has 6 unspecified atom stereocenters. The predicted molar refractivity (Wildman–Crippen MR) is 229 cm³/mol. The molecule has 4 fully saturated rings. The van der Waals surface area contributed by atoms with E-state index < -0.39 is 0 Å². The van der Waals surface area contributed by atoms with Crippen molar-refractivity contribution >= 4 is 22.3 Å². The molecule has 4 heterocycles. The van der Waals surface area contributed by atoms with Gasteiger partial charge < -0.3 is 9.84 Å². The smallest absolute Gasteiger partial charge is 0.218 e. The standard InChI is InChI=1S/C51H61N5O2/c1-48-21-16-33(57)27-31(48)8-10-35-40-13-15-42(51(40,4)24-19-43(35)48)38-30-54-56-46(20-25-52-47(38)56)58-34-17-22-49(2)32(28-34)9-11-36-39-12-14-41(50(39,3)23-18-44(36)49)37-29-53-55-26-6-5-7-45(37)55/h5-9,14-15,20,25-26,29-30,33-36,39-40,43-44,57H,10-13,16-19,21-24,27-28H2,1-4H3/t33-,34-,35?,36?,39?,40?,43?,44?,48-,49-,50-,51-/m0/s1. The first-order valence-corrected chi connectivity index (χ1v) is 23.0. The van der Waals surface area contributed by atoms with Gasteiger partial charge in [0.1, 0.15) is 6.10 Å². The molecule has 0 amide bonds. The average molecular weight is 776 g/mol. The second-order valence-electron chi connectivity index (χ2n) is 21.2. The molecule has 0 aliphatic heterocycles. The summed E-state index contributed by atoms with van der Waals surface area (Å²) in [6, 6.07) is 8.48. The number of hydrogen-bond donors (Lipinski definition) is 1.